The van der Waals surface area contributed by atoms with Crippen molar-refractivity contribution < 1.29 is 8.42 Å². The fraction of sp³-hybridized carbons (Fsp3) is 0.500. The average molecular weight is 388 g/mol. The van der Waals surface area contributed by atoms with Gasteiger partial charge in [0.25, 0.3) is 10.0 Å². The van der Waals surface area contributed by atoms with E-state index in [9.17, 15) is 8.42 Å². The van der Waals surface area contributed by atoms with Crippen LogP contribution in [0.25, 0.3) is 5.65 Å². The standard InChI is InChI=1S/C16H20N8O2S/c1-22-9-15(17-10-22)27(25,26)18-6-11-7-23(8-11)14-5-4-13-19-20-16(12-2-3-12)24(13)21-14/h4-5,9-12,18H,2-3,6-8H2,1H3. The lowest BCUT2D eigenvalue weighted by molar-refractivity contribution is 0.401. The first-order chi connectivity index (χ1) is 13.0. The lowest BCUT2D eigenvalue weighted by Gasteiger charge is -2.40. The van der Waals surface area contributed by atoms with E-state index in [0.29, 0.717) is 12.5 Å². The molecule has 0 spiro atoms. The zero-order valence-electron chi connectivity index (χ0n) is 14.9. The molecule has 3 aromatic rings. The van der Waals surface area contributed by atoms with Crippen molar-refractivity contribution in [1.82, 2.24) is 34.1 Å². The first-order valence-corrected chi connectivity index (χ1v) is 10.4. The van der Waals surface area contributed by atoms with Crippen molar-refractivity contribution in [3.8, 4) is 0 Å². The van der Waals surface area contributed by atoms with Gasteiger partial charge in [-0.05, 0) is 25.0 Å². The number of anilines is 1. The third-order valence-corrected chi connectivity index (χ3v) is 6.32. The molecule has 0 amide bonds. The van der Waals surface area contributed by atoms with Gasteiger partial charge < -0.3 is 9.47 Å². The second-order valence-electron chi connectivity index (χ2n) is 7.29. The number of nitrogens with one attached hydrogen (secondary N) is 1. The molecule has 1 saturated carbocycles. The van der Waals surface area contributed by atoms with Crippen LogP contribution in [0.15, 0.2) is 29.7 Å². The van der Waals surface area contributed by atoms with Crippen LogP contribution >= 0.6 is 0 Å². The van der Waals surface area contributed by atoms with Crippen LogP contribution in [0.5, 0.6) is 0 Å². The molecule has 5 rings (SSSR count). The number of rotatable bonds is 6. The fourth-order valence-corrected chi connectivity index (χ4v) is 4.37. The normalized spacial score (nSPS) is 18.2. The van der Waals surface area contributed by atoms with Crippen molar-refractivity contribution in [3.63, 3.8) is 0 Å². The molecule has 4 heterocycles. The summed E-state index contributed by atoms with van der Waals surface area (Å²) in [6, 6.07) is 3.87. The summed E-state index contributed by atoms with van der Waals surface area (Å²) in [5.41, 5.74) is 0.765. The van der Waals surface area contributed by atoms with Crippen molar-refractivity contribution in [2.75, 3.05) is 24.5 Å². The molecule has 11 heteroatoms. The second kappa shape index (κ2) is 5.99. The molecule has 1 saturated heterocycles. The van der Waals surface area contributed by atoms with E-state index in [-0.39, 0.29) is 10.9 Å². The Balaban J connectivity index is 1.22. The lowest BCUT2D eigenvalue weighted by Crippen LogP contribution is -2.52. The Labute approximate surface area is 156 Å². The van der Waals surface area contributed by atoms with Crippen molar-refractivity contribution in [2.24, 2.45) is 13.0 Å². The third kappa shape index (κ3) is 3.06. The van der Waals surface area contributed by atoms with E-state index >= 15 is 0 Å². The highest BCUT2D eigenvalue weighted by Gasteiger charge is 2.32. The highest BCUT2D eigenvalue weighted by atomic mass is 32.2. The molecule has 2 aliphatic rings. The summed E-state index contributed by atoms with van der Waals surface area (Å²) in [6.45, 7) is 1.89. The minimum absolute atomic E-state index is 0.0495. The van der Waals surface area contributed by atoms with Crippen LogP contribution in [0.1, 0.15) is 24.6 Å². The molecule has 0 unspecified atom stereocenters. The second-order valence-corrected chi connectivity index (χ2v) is 9.01. The summed E-state index contributed by atoms with van der Waals surface area (Å²) < 4.78 is 30.6. The van der Waals surface area contributed by atoms with Crippen LogP contribution in [0, 0.1) is 5.92 Å². The number of nitrogens with zero attached hydrogens (tertiary/aromatic N) is 7. The maximum absolute atomic E-state index is 12.2. The number of sulfonamides is 1. The number of aromatic nitrogens is 6. The zero-order chi connectivity index (χ0) is 18.6. The van der Waals surface area contributed by atoms with Crippen molar-refractivity contribution in [1.29, 1.82) is 0 Å². The number of fused-ring (bicyclic) bond motifs is 1. The van der Waals surface area contributed by atoms with Gasteiger partial charge in [0.1, 0.15) is 5.82 Å². The summed E-state index contributed by atoms with van der Waals surface area (Å²) in [7, 11) is -1.82. The first-order valence-electron chi connectivity index (χ1n) is 8.94. The van der Waals surface area contributed by atoms with Gasteiger partial charge in [-0.15, -0.1) is 15.3 Å². The highest BCUT2D eigenvalue weighted by Crippen LogP contribution is 2.38. The largest absolute Gasteiger partial charge is 0.354 e. The van der Waals surface area contributed by atoms with Crippen LogP contribution in [-0.2, 0) is 17.1 Å². The predicted molar refractivity (Wildman–Crippen MR) is 96.9 cm³/mol. The fourth-order valence-electron chi connectivity index (χ4n) is 3.28. The maximum Gasteiger partial charge on any atom is 0.259 e. The van der Waals surface area contributed by atoms with Gasteiger partial charge >= 0.3 is 0 Å². The summed E-state index contributed by atoms with van der Waals surface area (Å²) in [5.74, 6) is 2.53. The first kappa shape index (κ1) is 16.6. The molecular formula is C16H20N8O2S. The third-order valence-electron chi connectivity index (χ3n) is 5.02. The minimum atomic E-state index is -3.56. The molecular weight excluding hydrogens is 368 g/mol. The van der Waals surface area contributed by atoms with Gasteiger partial charge in [-0.3, -0.25) is 0 Å². The molecule has 1 N–H and O–H groups in total. The highest BCUT2D eigenvalue weighted by molar-refractivity contribution is 7.89. The van der Waals surface area contributed by atoms with Crippen LogP contribution in [0.3, 0.4) is 0 Å². The van der Waals surface area contributed by atoms with Gasteiger partial charge in [-0.2, -0.15) is 4.52 Å². The Morgan fingerprint density at radius 1 is 1.22 bits per heavy atom. The predicted octanol–water partition coefficient (Wildman–Crippen LogP) is 0.150. The monoisotopic (exact) mass is 388 g/mol. The Morgan fingerprint density at radius 2 is 2.04 bits per heavy atom. The Morgan fingerprint density at radius 3 is 2.74 bits per heavy atom. The van der Waals surface area contributed by atoms with Gasteiger partial charge in [0.15, 0.2) is 16.5 Å². The maximum atomic E-state index is 12.2. The van der Waals surface area contributed by atoms with E-state index in [2.05, 4.69) is 29.9 Å². The summed E-state index contributed by atoms with van der Waals surface area (Å²) in [4.78, 5) is 6.04. The van der Waals surface area contributed by atoms with Crippen molar-refractivity contribution in [2.45, 2.75) is 23.8 Å². The van der Waals surface area contributed by atoms with Crippen LogP contribution in [0.4, 0.5) is 5.82 Å². The number of imidazole rings is 1. The molecule has 0 bridgehead atoms. The van der Waals surface area contributed by atoms with Gasteiger partial charge in [-0.1, -0.05) is 0 Å². The molecule has 1 aliphatic heterocycles. The smallest absolute Gasteiger partial charge is 0.259 e. The molecule has 1 aliphatic carbocycles. The topological polar surface area (TPSA) is 110 Å². The van der Waals surface area contributed by atoms with E-state index in [1.165, 1.54) is 12.5 Å². The molecule has 142 valence electrons. The van der Waals surface area contributed by atoms with Crippen LogP contribution in [-0.4, -0.2) is 57.4 Å². The van der Waals surface area contributed by atoms with E-state index in [4.69, 9.17) is 0 Å². The van der Waals surface area contributed by atoms with Gasteiger partial charge in [0.05, 0.1) is 6.33 Å². The van der Waals surface area contributed by atoms with E-state index in [0.717, 1.165) is 43.2 Å². The quantitative estimate of drug-likeness (QED) is 0.640. The lowest BCUT2D eigenvalue weighted by atomic mass is 10.0. The van der Waals surface area contributed by atoms with Gasteiger partial charge in [0.2, 0.25) is 0 Å². The number of hydrogen-bond donors (Lipinski definition) is 1. The van der Waals surface area contributed by atoms with Crippen LogP contribution in [0.2, 0.25) is 0 Å². The van der Waals surface area contributed by atoms with E-state index in [1.807, 2.05) is 16.6 Å². The Kier molecular flexibility index (Phi) is 3.69. The van der Waals surface area contributed by atoms with Crippen molar-refractivity contribution in [3.05, 3.63) is 30.5 Å². The SMILES string of the molecule is Cn1cnc(S(=O)(=O)NCC2CN(c3ccc4nnc(C5CC5)n4n3)C2)c1. The molecule has 0 radical (unpaired) electrons. The molecule has 2 fully saturated rings. The van der Waals surface area contributed by atoms with Gasteiger partial charge in [-0.25, -0.2) is 18.1 Å². The molecule has 10 nitrogen and oxygen atoms in total. The average Bonchev–Trinajstić information content (AvgIpc) is 3.20. The Bertz CT molecular complexity index is 1090. The number of aryl methyl sites for hydroxylation is 1. The summed E-state index contributed by atoms with van der Waals surface area (Å²) >= 11 is 0. The van der Waals surface area contributed by atoms with E-state index in [1.54, 1.807) is 11.6 Å². The molecule has 27 heavy (non-hydrogen) atoms. The van der Waals surface area contributed by atoms with Gasteiger partial charge in [0, 0.05) is 44.7 Å². The summed E-state index contributed by atoms with van der Waals surface area (Å²) in [6.07, 6.45) is 5.26. The number of hydrogen-bond acceptors (Lipinski definition) is 7. The van der Waals surface area contributed by atoms with E-state index < -0.39 is 10.0 Å². The summed E-state index contributed by atoms with van der Waals surface area (Å²) in [5, 5.41) is 13.2. The minimum Gasteiger partial charge on any atom is -0.354 e. The van der Waals surface area contributed by atoms with Crippen molar-refractivity contribution >= 4 is 21.5 Å². The molecule has 3 aromatic heterocycles. The zero-order valence-corrected chi connectivity index (χ0v) is 15.7. The molecule has 0 atom stereocenters. The van der Waals surface area contributed by atoms with Crippen LogP contribution < -0.4 is 9.62 Å². The Hall–Kier alpha value is -2.53. The molecule has 0 aromatic carbocycles.